The lowest BCUT2D eigenvalue weighted by molar-refractivity contribution is -0.118. The van der Waals surface area contributed by atoms with Gasteiger partial charge in [0.25, 0.3) is 15.9 Å². The zero-order chi connectivity index (χ0) is 20.5. The first-order chi connectivity index (χ1) is 13.2. The fraction of sp³-hybridized carbons (Fsp3) is 0.227. The van der Waals surface area contributed by atoms with Gasteiger partial charge in [0.2, 0.25) is 0 Å². The summed E-state index contributed by atoms with van der Waals surface area (Å²) in [5, 5.41) is 2.81. The quantitative estimate of drug-likeness (QED) is 0.802. The SMILES string of the molecule is C=CCN1c2ccccc2C(c2ccccc2)=C(C(=O)NC(C)(C)C)S1(=O)=O. The summed E-state index contributed by atoms with van der Waals surface area (Å²) in [5.74, 6) is -0.616. The Hall–Kier alpha value is -2.86. The Morgan fingerprint density at radius 2 is 1.68 bits per heavy atom. The van der Waals surface area contributed by atoms with Crippen LogP contribution in [0.1, 0.15) is 31.9 Å². The molecule has 6 heteroatoms. The Kier molecular flexibility index (Phi) is 5.17. The van der Waals surface area contributed by atoms with Crippen LogP contribution in [-0.4, -0.2) is 26.4 Å². The number of sulfonamides is 1. The summed E-state index contributed by atoms with van der Waals surface area (Å²) in [4.78, 5) is 12.9. The van der Waals surface area contributed by atoms with Gasteiger partial charge in [0.15, 0.2) is 4.91 Å². The molecule has 0 saturated carbocycles. The van der Waals surface area contributed by atoms with E-state index in [9.17, 15) is 13.2 Å². The van der Waals surface area contributed by atoms with Gasteiger partial charge in [-0.15, -0.1) is 6.58 Å². The first-order valence-corrected chi connectivity index (χ1v) is 10.5. The van der Waals surface area contributed by atoms with Crippen molar-refractivity contribution < 1.29 is 13.2 Å². The molecule has 0 unspecified atom stereocenters. The number of anilines is 1. The van der Waals surface area contributed by atoms with E-state index in [0.29, 0.717) is 22.4 Å². The van der Waals surface area contributed by atoms with Crippen LogP contribution in [-0.2, 0) is 14.8 Å². The Labute approximate surface area is 166 Å². The number of rotatable bonds is 4. The summed E-state index contributed by atoms with van der Waals surface area (Å²) in [6.45, 7) is 9.21. The molecule has 1 N–H and O–H groups in total. The Balaban J connectivity index is 2.39. The molecule has 1 heterocycles. The van der Waals surface area contributed by atoms with Gasteiger partial charge in [-0.2, -0.15) is 0 Å². The number of nitrogens with zero attached hydrogens (tertiary/aromatic N) is 1. The van der Waals surface area contributed by atoms with Crippen LogP contribution in [0.2, 0.25) is 0 Å². The van der Waals surface area contributed by atoms with Crippen LogP contribution >= 0.6 is 0 Å². The number of amides is 1. The van der Waals surface area contributed by atoms with Crippen molar-refractivity contribution in [2.75, 3.05) is 10.8 Å². The van der Waals surface area contributed by atoms with Gasteiger partial charge in [-0.25, -0.2) is 8.42 Å². The lowest BCUT2D eigenvalue weighted by Crippen LogP contribution is -2.46. The molecule has 3 rings (SSSR count). The molecule has 0 radical (unpaired) electrons. The molecule has 2 aromatic carbocycles. The first kappa shape index (κ1) is 19.9. The number of hydrogen-bond acceptors (Lipinski definition) is 3. The molecule has 0 aliphatic carbocycles. The molecular weight excluding hydrogens is 372 g/mol. The van der Waals surface area contributed by atoms with Gasteiger partial charge < -0.3 is 5.32 Å². The van der Waals surface area contributed by atoms with Gasteiger partial charge in [-0.1, -0.05) is 54.6 Å². The molecule has 0 aromatic heterocycles. The summed E-state index contributed by atoms with van der Waals surface area (Å²) in [6.07, 6.45) is 1.52. The molecule has 0 atom stereocenters. The van der Waals surface area contributed by atoms with Gasteiger partial charge in [0.05, 0.1) is 12.2 Å². The Morgan fingerprint density at radius 1 is 1.07 bits per heavy atom. The predicted molar refractivity (Wildman–Crippen MR) is 113 cm³/mol. The Bertz CT molecular complexity index is 1050. The highest BCUT2D eigenvalue weighted by molar-refractivity contribution is 7.97. The van der Waals surface area contributed by atoms with Crippen molar-refractivity contribution in [3.8, 4) is 0 Å². The predicted octanol–water partition coefficient (Wildman–Crippen LogP) is 3.70. The molecule has 1 amide bonds. The Morgan fingerprint density at radius 3 is 2.29 bits per heavy atom. The zero-order valence-corrected chi connectivity index (χ0v) is 17.1. The fourth-order valence-corrected chi connectivity index (χ4v) is 4.94. The van der Waals surface area contributed by atoms with Crippen LogP contribution in [0.25, 0.3) is 5.57 Å². The van der Waals surface area contributed by atoms with E-state index in [1.807, 2.05) is 63.2 Å². The largest absolute Gasteiger partial charge is 0.347 e. The summed E-state index contributed by atoms with van der Waals surface area (Å²) < 4.78 is 28.3. The highest BCUT2D eigenvalue weighted by atomic mass is 32.2. The molecule has 1 aliphatic rings. The lowest BCUT2D eigenvalue weighted by Gasteiger charge is -2.33. The maximum Gasteiger partial charge on any atom is 0.270 e. The van der Waals surface area contributed by atoms with Crippen LogP contribution in [0.15, 0.2) is 72.2 Å². The van der Waals surface area contributed by atoms with Crippen LogP contribution in [0, 0.1) is 0 Å². The van der Waals surface area contributed by atoms with Gasteiger partial charge in [0, 0.05) is 16.7 Å². The number of carbonyl (C=O) groups is 1. The van der Waals surface area contributed by atoms with Crippen molar-refractivity contribution >= 4 is 27.2 Å². The molecule has 0 spiro atoms. The molecular formula is C22H24N2O3S. The molecule has 2 aromatic rings. The van der Waals surface area contributed by atoms with E-state index in [0.717, 1.165) is 0 Å². The zero-order valence-electron chi connectivity index (χ0n) is 16.3. The van der Waals surface area contributed by atoms with Crippen LogP contribution in [0.4, 0.5) is 5.69 Å². The number of hydrogen-bond donors (Lipinski definition) is 1. The van der Waals surface area contributed by atoms with Crippen LogP contribution in [0.5, 0.6) is 0 Å². The van der Waals surface area contributed by atoms with Crippen molar-refractivity contribution in [1.29, 1.82) is 0 Å². The minimum atomic E-state index is -4.08. The molecule has 0 bridgehead atoms. The third-order valence-electron chi connectivity index (χ3n) is 4.27. The summed E-state index contributed by atoms with van der Waals surface area (Å²) in [7, 11) is -4.08. The fourth-order valence-electron chi connectivity index (χ4n) is 3.23. The van der Waals surface area contributed by atoms with E-state index in [1.165, 1.54) is 10.4 Å². The second kappa shape index (κ2) is 7.28. The summed E-state index contributed by atoms with van der Waals surface area (Å²) in [5.41, 5.74) is 1.74. The molecule has 146 valence electrons. The lowest BCUT2D eigenvalue weighted by atomic mass is 9.95. The number of carbonyl (C=O) groups excluding carboxylic acids is 1. The summed E-state index contributed by atoms with van der Waals surface area (Å²) in [6, 6.07) is 16.3. The molecule has 5 nitrogen and oxygen atoms in total. The van der Waals surface area contributed by atoms with Gasteiger partial charge >= 0.3 is 0 Å². The normalized spacial score (nSPS) is 15.8. The molecule has 1 aliphatic heterocycles. The standard InChI is InChI=1S/C22H24N2O3S/c1-5-15-24-18-14-10-9-13-17(18)19(16-11-7-6-8-12-16)20(28(24,26)27)21(25)23-22(2,3)4/h5-14H,1,15H2,2-4H3,(H,23,25). The molecule has 28 heavy (non-hydrogen) atoms. The van der Waals surface area contributed by atoms with Gasteiger partial charge in [-0.3, -0.25) is 9.10 Å². The van der Waals surface area contributed by atoms with E-state index in [1.54, 1.807) is 12.1 Å². The van der Waals surface area contributed by atoms with Crippen molar-refractivity contribution in [2.45, 2.75) is 26.3 Å². The average Bonchev–Trinajstić information content (AvgIpc) is 2.62. The van der Waals surface area contributed by atoms with E-state index < -0.39 is 21.5 Å². The van der Waals surface area contributed by atoms with Crippen LogP contribution in [0.3, 0.4) is 0 Å². The number of nitrogens with one attached hydrogen (secondary N) is 1. The maximum atomic E-state index is 13.5. The minimum Gasteiger partial charge on any atom is -0.347 e. The van der Waals surface area contributed by atoms with Crippen molar-refractivity contribution in [1.82, 2.24) is 5.32 Å². The third kappa shape index (κ3) is 3.60. The maximum absolute atomic E-state index is 13.5. The van der Waals surface area contributed by atoms with E-state index >= 15 is 0 Å². The van der Waals surface area contributed by atoms with Crippen molar-refractivity contribution in [3.05, 3.63) is 83.3 Å². The number of fused-ring (bicyclic) bond motifs is 1. The van der Waals surface area contributed by atoms with E-state index in [-0.39, 0.29) is 11.4 Å². The van der Waals surface area contributed by atoms with Crippen molar-refractivity contribution in [2.24, 2.45) is 0 Å². The van der Waals surface area contributed by atoms with E-state index in [2.05, 4.69) is 11.9 Å². The van der Waals surface area contributed by atoms with Gasteiger partial charge in [-0.05, 0) is 32.4 Å². The highest BCUT2D eigenvalue weighted by Gasteiger charge is 2.41. The smallest absolute Gasteiger partial charge is 0.270 e. The number of benzene rings is 2. The second-order valence-corrected chi connectivity index (χ2v) is 9.42. The summed E-state index contributed by atoms with van der Waals surface area (Å²) >= 11 is 0. The number of para-hydroxylation sites is 1. The highest BCUT2D eigenvalue weighted by Crippen LogP contribution is 2.42. The first-order valence-electron chi connectivity index (χ1n) is 9.02. The minimum absolute atomic E-state index is 0.0771. The third-order valence-corrected chi connectivity index (χ3v) is 6.10. The average molecular weight is 397 g/mol. The molecule has 0 saturated heterocycles. The second-order valence-electron chi connectivity index (χ2n) is 7.62. The monoisotopic (exact) mass is 396 g/mol. The van der Waals surface area contributed by atoms with Gasteiger partial charge in [0.1, 0.15) is 0 Å². The van der Waals surface area contributed by atoms with Crippen molar-refractivity contribution in [3.63, 3.8) is 0 Å². The topological polar surface area (TPSA) is 66.5 Å². The molecule has 0 fully saturated rings. The van der Waals surface area contributed by atoms with E-state index in [4.69, 9.17) is 0 Å². The van der Waals surface area contributed by atoms with Crippen LogP contribution < -0.4 is 9.62 Å².